The van der Waals surface area contributed by atoms with Gasteiger partial charge < -0.3 is 10.6 Å². The molecule has 0 bridgehead atoms. The molecule has 3 rings (SSSR count). The van der Waals surface area contributed by atoms with Crippen molar-refractivity contribution in [1.82, 2.24) is 40.4 Å². The number of hydrogen-bond acceptors (Lipinski definition) is 6. The molecule has 1 aliphatic rings. The maximum atomic E-state index is 12.2. The number of aromatic nitrogens is 6. The fourth-order valence-corrected chi connectivity index (χ4v) is 3.11. The molecule has 1 saturated heterocycles. The molecule has 2 N–H and O–H groups in total. The Labute approximate surface area is 147 Å². The van der Waals surface area contributed by atoms with E-state index in [0.29, 0.717) is 24.8 Å². The van der Waals surface area contributed by atoms with Crippen LogP contribution in [0, 0.1) is 13.8 Å². The van der Waals surface area contributed by atoms with Gasteiger partial charge in [-0.2, -0.15) is 5.10 Å². The molecule has 2 aromatic heterocycles. The van der Waals surface area contributed by atoms with E-state index in [0.717, 1.165) is 31.2 Å². The Kier molecular flexibility index (Phi) is 5.75. The van der Waals surface area contributed by atoms with E-state index in [1.54, 1.807) is 15.6 Å². The van der Waals surface area contributed by atoms with Crippen LogP contribution in [-0.4, -0.2) is 54.8 Å². The molecular formula is C16H26N8O. The quantitative estimate of drug-likeness (QED) is 0.754. The molecule has 0 aromatic carbocycles. The molecule has 1 unspecified atom stereocenters. The Morgan fingerprint density at radius 2 is 2.24 bits per heavy atom. The Balaban J connectivity index is 1.43. The predicted octanol–water partition coefficient (Wildman–Crippen LogP) is 0.449. The number of carbonyl (C=O) groups is 1. The maximum Gasteiger partial charge on any atom is 0.273 e. The number of aryl methyl sites for hydroxylation is 3. The first kappa shape index (κ1) is 17.5. The lowest BCUT2D eigenvalue weighted by Gasteiger charge is -2.23. The van der Waals surface area contributed by atoms with E-state index in [4.69, 9.17) is 0 Å². The first-order valence-corrected chi connectivity index (χ1v) is 8.91. The zero-order valence-electron chi connectivity index (χ0n) is 14.9. The van der Waals surface area contributed by atoms with Crippen molar-refractivity contribution in [1.29, 1.82) is 0 Å². The summed E-state index contributed by atoms with van der Waals surface area (Å²) < 4.78 is 3.53. The van der Waals surface area contributed by atoms with Gasteiger partial charge in [0, 0.05) is 19.1 Å². The molecule has 1 aliphatic heterocycles. The van der Waals surface area contributed by atoms with Crippen LogP contribution in [0.5, 0.6) is 0 Å². The van der Waals surface area contributed by atoms with E-state index >= 15 is 0 Å². The van der Waals surface area contributed by atoms with E-state index in [9.17, 15) is 4.79 Å². The summed E-state index contributed by atoms with van der Waals surface area (Å²) in [5, 5.41) is 18.7. The van der Waals surface area contributed by atoms with Crippen LogP contribution >= 0.6 is 0 Å². The maximum absolute atomic E-state index is 12.2. The van der Waals surface area contributed by atoms with Crippen LogP contribution < -0.4 is 10.6 Å². The molecule has 0 spiro atoms. The molecule has 0 aliphatic carbocycles. The van der Waals surface area contributed by atoms with E-state index in [2.05, 4.69) is 31.0 Å². The highest BCUT2D eigenvalue weighted by molar-refractivity contribution is 5.91. The lowest BCUT2D eigenvalue weighted by atomic mass is 10.0. The Morgan fingerprint density at radius 1 is 1.36 bits per heavy atom. The van der Waals surface area contributed by atoms with Crippen molar-refractivity contribution in [2.45, 2.75) is 58.7 Å². The van der Waals surface area contributed by atoms with Crippen LogP contribution in [0.2, 0.25) is 0 Å². The number of nitrogens with zero attached hydrogens (tertiary/aromatic N) is 6. The zero-order chi connectivity index (χ0) is 17.6. The number of rotatable bonds is 7. The van der Waals surface area contributed by atoms with E-state index in [1.165, 1.54) is 19.3 Å². The van der Waals surface area contributed by atoms with Crippen molar-refractivity contribution >= 4 is 5.91 Å². The smallest absolute Gasteiger partial charge is 0.273 e. The van der Waals surface area contributed by atoms with Gasteiger partial charge in [-0.1, -0.05) is 11.6 Å². The highest BCUT2D eigenvalue weighted by Crippen LogP contribution is 2.10. The summed E-state index contributed by atoms with van der Waals surface area (Å²) in [4.78, 5) is 16.4. The van der Waals surface area contributed by atoms with Gasteiger partial charge in [-0.15, -0.1) is 5.10 Å². The van der Waals surface area contributed by atoms with Crippen LogP contribution in [0.25, 0.3) is 0 Å². The summed E-state index contributed by atoms with van der Waals surface area (Å²) in [6.07, 6.45) is 6.48. The highest BCUT2D eigenvalue weighted by atomic mass is 16.2. The molecule has 136 valence electrons. The summed E-state index contributed by atoms with van der Waals surface area (Å²) in [5.74, 6) is 1.37. The summed E-state index contributed by atoms with van der Waals surface area (Å²) in [7, 11) is 0. The van der Waals surface area contributed by atoms with E-state index in [-0.39, 0.29) is 5.91 Å². The first-order valence-electron chi connectivity index (χ1n) is 8.91. The zero-order valence-corrected chi connectivity index (χ0v) is 14.9. The third kappa shape index (κ3) is 4.85. The van der Waals surface area contributed by atoms with Gasteiger partial charge in [0.25, 0.3) is 5.91 Å². The van der Waals surface area contributed by atoms with Crippen LogP contribution in [0.1, 0.15) is 47.8 Å². The first-order chi connectivity index (χ1) is 12.1. The van der Waals surface area contributed by atoms with E-state index in [1.807, 2.05) is 13.8 Å². The number of nitrogens with one attached hydrogen (secondary N) is 2. The topological polar surface area (TPSA) is 103 Å². The Hall–Kier alpha value is -2.29. The molecule has 0 radical (unpaired) electrons. The molecule has 9 heteroatoms. The van der Waals surface area contributed by atoms with Gasteiger partial charge in [-0.3, -0.25) is 9.48 Å². The lowest BCUT2D eigenvalue weighted by molar-refractivity contribution is 0.0946. The normalized spacial score (nSPS) is 17.6. The lowest BCUT2D eigenvalue weighted by Crippen LogP contribution is -2.34. The summed E-state index contributed by atoms with van der Waals surface area (Å²) >= 11 is 0. The number of hydrogen-bond donors (Lipinski definition) is 2. The molecule has 3 heterocycles. The minimum absolute atomic E-state index is 0.212. The van der Waals surface area contributed by atoms with Crippen LogP contribution in [0.15, 0.2) is 6.20 Å². The fraction of sp³-hybridized carbons (Fsp3) is 0.688. The number of piperidine rings is 1. The molecule has 1 atom stereocenters. The highest BCUT2D eigenvalue weighted by Gasteiger charge is 2.14. The minimum Gasteiger partial charge on any atom is -0.349 e. The molecule has 9 nitrogen and oxygen atoms in total. The van der Waals surface area contributed by atoms with Gasteiger partial charge in [-0.05, 0) is 39.7 Å². The number of amides is 1. The van der Waals surface area contributed by atoms with Crippen LogP contribution in [0.3, 0.4) is 0 Å². The summed E-state index contributed by atoms with van der Waals surface area (Å²) in [5.41, 5.74) is 0.350. The third-order valence-electron chi connectivity index (χ3n) is 4.46. The van der Waals surface area contributed by atoms with Gasteiger partial charge in [0.15, 0.2) is 5.69 Å². The van der Waals surface area contributed by atoms with Crippen molar-refractivity contribution in [3.63, 3.8) is 0 Å². The van der Waals surface area contributed by atoms with Gasteiger partial charge in [0.05, 0.1) is 12.7 Å². The largest absolute Gasteiger partial charge is 0.349 e. The van der Waals surface area contributed by atoms with Crippen molar-refractivity contribution in [2.24, 2.45) is 0 Å². The Bertz CT molecular complexity index is 701. The molecule has 2 aromatic rings. The van der Waals surface area contributed by atoms with Crippen molar-refractivity contribution in [3.8, 4) is 0 Å². The average molecular weight is 346 g/mol. The molecule has 1 amide bonds. The van der Waals surface area contributed by atoms with Gasteiger partial charge >= 0.3 is 0 Å². The monoisotopic (exact) mass is 346 g/mol. The standard InChI is InChI=1S/C16H26N8O/c1-12-19-13(2)24(21-12)10-8-18-16(25)15-11-23(22-20-15)9-6-14-5-3-4-7-17-14/h11,14,17H,3-10H2,1-2H3,(H,18,25). The van der Waals surface area contributed by atoms with Gasteiger partial charge in [-0.25, -0.2) is 9.67 Å². The van der Waals surface area contributed by atoms with Crippen molar-refractivity contribution < 1.29 is 4.79 Å². The Morgan fingerprint density at radius 3 is 2.96 bits per heavy atom. The van der Waals surface area contributed by atoms with Gasteiger partial charge in [0.2, 0.25) is 0 Å². The SMILES string of the molecule is Cc1nc(C)n(CCNC(=O)c2cn(CCC3CCCCN3)nn2)n1. The molecular weight excluding hydrogens is 320 g/mol. The van der Waals surface area contributed by atoms with E-state index < -0.39 is 0 Å². The summed E-state index contributed by atoms with van der Waals surface area (Å²) in [6, 6.07) is 0.546. The second kappa shape index (κ2) is 8.19. The molecule has 1 fully saturated rings. The molecule has 25 heavy (non-hydrogen) atoms. The predicted molar refractivity (Wildman–Crippen MR) is 92.1 cm³/mol. The fourth-order valence-electron chi connectivity index (χ4n) is 3.11. The molecule has 0 saturated carbocycles. The second-order valence-corrected chi connectivity index (χ2v) is 6.49. The minimum atomic E-state index is -0.212. The number of carbonyl (C=O) groups excluding carboxylic acids is 1. The van der Waals surface area contributed by atoms with Crippen molar-refractivity contribution in [3.05, 3.63) is 23.5 Å². The van der Waals surface area contributed by atoms with Crippen LogP contribution in [0.4, 0.5) is 0 Å². The second-order valence-electron chi connectivity index (χ2n) is 6.49. The summed E-state index contributed by atoms with van der Waals surface area (Å²) in [6.45, 7) is 6.68. The van der Waals surface area contributed by atoms with Gasteiger partial charge in [0.1, 0.15) is 11.6 Å². The van der Waals surface area contributed by atoms with Crippen LogP contribution in [-0.2, 0) is 13.1 Å². The average Bonchev–Trinajstić information content (AvgIpc) is 3.20. The van der Waals surface area contributed by atoms with Crippen molar-refractivity contribution in [2.75, 3.05) is 13.1 Å². The third-order valence-corrected chi connectivity index (χ3v) is 4.46.